The first-order valence-corrected chi connectivity index (χ1v) is 9.72. The van der Waals surface area contributed by atoms with Gasteiger partial charge in [-0.15, -0.1) is 0 Å². The molecule has 0 bridgehead atoms. The van der Waals surface area contributed by atoms with Gasteiger partial charge in [0, 0.05) is 27.1 Å². The number of fused-ring (bicyclic) bond motifs is 1. The number of methoxy groups -OCH3 is 1. The van der Waals surface area contributed by atoms with Gasteiger partial charge in [-0.25, -0.2) is 0 Å². The van der Waals surface area contributed by atoms with E-state index in [-0.39, 0.29) is 5.56 Å². The van der Waals surface area contributed by atoms with E-state index in [9.17, 15) is 9.59 Å². The summed E-state index contributed by atoms with van der Waals surface area (Å²) in [6, 6.07) is 21.9. The first-order chi connectivity index (χ1) is 14.6. The third kappa shape index (κ3) is 3.78. The van der Waals surface area contributed by atoms with Gasteiger partial charge < -0.3 is 9.72 Å². The number of para-hydroxylation sites is 2. The van der Waals surface area contributed by atoms with Crippen LogP contribution in [-0.2, 0) is 0 Å². The molecule has 1 aromatic heterocycles. The predicted molar refractivity (Wildman–Crippen MR) is 121 cm³/mol. The lowest BCUT2D eigenvalue weighted by Crippen LogP contribution is -2.18. The number of allylic oxidation sites excluding steroid dienone is 1. The van der Waals surface area contributed by atoms with Crippen molar-refractivity contribution in [2.24, 2.45) is 0 Å². The molecule has 0 saturated heterocycles. The fraction of sp³-hybridized carbons (Fsp3) is 0.0400. The van der Waals surface area contributed by atoms with Gasteiger partial charge in [-0.1, -0.05) is 60.1 Å². The van der Waals surface area contributed by atoms with Crippen molar-refractivity contribution in [3.8, 4) is 16.9 Å². The van der Waals surface area contributed by atoms with Gasteiger partial charge >= 0.3 is 0 Å². The fourth-order valence-electron chi connectivity index (χ4n) is 3.45. The van der Waals surface area contributed by atoms with E-state index < -0.39 is 11.3 Å². The summed E-state index contributed by atoms with van der Waals surface area (Å²) < 4.78 is 5.33. The van der Waals surface area contributed by atoms with Crippen LogP contribution in [0.15, 0.2) is 83.7 Å². The third-order valence-electron chi connectivity index (χ3n) is 4.85. The van der Waals surface area contributed by atoms with Crippen molar-refractivity contribution in [2.75, 3.05) is 7.11 Å². The summed E-state index contributed by atoms with van der Waals surface area (Å²) in [6.45, 7) is 0. The summed E-state index contributed by atoms with van der Waals surface area (Å²) in [7, 11) is 1.57. The Morgan fingerprint density at radius 3 is 2.43 bits per heavy atom. The minimum absolute atomic E-state index is 0.0853. The van der Waals surface area contributed by atoms with E-state index in [0.717, 1.165) is 16.5 Å². The Bertz CT molecular complexity index is 1320. The normalized spacial score (nSPS) is 11.1. The van der Waals surface area contributed by atoms with Crippen LogP contribution in [0.2, 0.25) is 5.02 Å². The molecule has 0 radical (unpaired) electrons. The molecule has 0 aliphatic rings. The molecular weight excluding hydrogens is 398 g/mol. The van der Waals surface area contributed by atoms with Crippen LogP contribution in [0.4, 0.5) is 0 Å². The highest BCUT2D eigenvalue weighted by Gasteiger charge is 2.19. The molecule has 4 aromatic rings. The van der Waals surface area contributed by atoms with E-state index in [1.54, 1.807) is 25.3 Å². The topological polar surface area (TPSA) is 59.2 Å². The van der Waals surface area contributed by atoms with Gasteiger partial charge in [0.15, 0.2) is 5.78 Å². The minimum atomic E-state index is -0.437. The van der Waals surface area contributed by atoms with E-state index in [4.69, 9.17) is 16.3 Å². The van der Waals surface area contributed by atoms with Crippen molar-refractivity contribution in [3.05, 3.63) is 105 Å². The Kier molecular flexibility index (Phi) is 5.50. The molecule has 0 fully saturated rings. The molecule has 148 valence electrons. The number of hydrogen-bond donors (Lipinski definition) is 1. The van der Waals surface area contributed by atoms with E-state index in [0.29, 0.717) is 21.9 Å². The average molecular weight is 416 g/mol. The highest BCUT2D eigenvalue weighted by molar-refractivity contribution is 6.30. The monoisotopic (exact) mass is 415 g/mol. The molecule has 3 aromatic carbocycles. The van der Waals surface area contributed by atoms with Crippen LogP contribution in [0.25, 0.3) is 28.1 Å². The van der Waals surface area contributed by atoms with Crippen molar-refractivity contribution in [2.45, 2.75) is 0 Å². The zero-order chi connectivity index (χ0) is 21.1. The standard InChI is InChI=1S/C25H18ClNO3/c1-30-22-9-5-2-6-16(22)12-15-21(28)24-23(17-10-13-18(26)14-11-17)19-7-3-4-8-20(19)27-25(24)29/h2-15H,1H3,(H,27,29)/b15-12+. The molecule has 0 saturated carbocycles. The summed E-state index contributed by atoms with van der Waals surface area (Å²) in [6.07, 6.45) is 3.05. The quantitative estimate of drug-likeness (QED) is 0.333. The van der Waals surface area contributed by atoms with Crippen LogP contribution in [0.1, 0.15) is 15.9 Å². The highest BCUT2D eigenvalue weighted by Crippen LogP contribution is 2.31. The Labute approximate surface area is 178 Å². The molecular formula is C25H18ClNO3. The number of carbonyl (C=O) groups is 1. The predicted octanol–water partition coefficient (Wildman–Crippen LogP) is 5.75. The summed E-state index contributed by atoms with van der Waals surface area (Å²) in [5.74, 6) is 0.254. The van der Waals surface area contributed by atoms with Gasteiger partial charge in [-0.05, 0) is 42.0 Å². The van der Waals surface area contributed by atoms with Gasteiger partial charge in [0.05, 0.1) is 12.7 Å². The van der Waals surface area contributed by atoms with Crippen molar-refractivity contribution >= 4 is 34.4 Å². The van der Waals surface area contributed by atoms with Crippen LogP contribution in [0, 0.1) is 0 Å². The number of aromatic nitrogens is 1. The summed E-state index contributed by atoms with van der Waals surface area (Å²) in [5, 5.41) is 1.37. The first kappa shape index (κ1) is 19.7. The third-order valence-corrected chi connectivity index (χ3v) is 5.11. The molecule has 5 heteroatoms. The number of hydrogen-bond acceptors (Lipinski definition) is 3. The summed E-state index contributed by atoms with van der Waals surface area (Å²) in [4.78, 5) is 28.9. The molecule has 0 unspecified atom stereocenters. The van der Waals surface area contributed by atoms with Gasteiger partial charge in [0.25, 0.3) is 5.56 Å². The maximum absolute atomic E-state index is 13.2. The molecule has 0 aliphatic heterocycles. The van der Waals surface area contributed by atoms with E-state index >= 15 is 0 Å². The highest BCUT2D eigenvalue weighted by atomic mass is 35.5. The number of rotatable bonds is 5. The second-order valence-electron chi connectivity index (χ2n) is 6.70. The number of nitrogens with one attached hydrogen (secondary N) is 1. The maximum Gasteiger partial charge on any atom is 0.260 e. The Morgan fingerprint density at radius 2 is 1.67 bits per heavy atom. The Hall–Kier alpha value is -3.63. The lowest BCUT2D eigenvalue weighted by Gasteiger charge is -2.11. The van der Waals surface area contributed by atoms with Crippen LogP contribution in [-0.4, -0.2) is 17.9 Å². The lowest BCUT2D eigenvalue weighted by atomic mass is 9.94. The smallest absolute Gasteiger partial charge is 0.260 e. The number of aromatic amines is 1. The van der Waals surface area contributed by atoms with E-state index in [1.807, 2.05) is 60.7 Å². The number of benzene rings is 3. The Balaban J connectivity index is 1.90. The molecule has 0 spiro atoms. The van der Waals surface area contributed by atoms with Crippen molar-refractivity contribution in [3.63, 3.8) is 0 Å². The zero-order valence-electron chi connectivity index (χ0n) is 16.2. The Morgan fingerprint density at radius 1 is 0.967 bits per heavy atom. The maximum atomic E-state index is 13.2. The minimum Gasteiger partial charge on any atom is -0.496 e. The average Bonchev–Trinajstić information content (AvgIpc) is 2.77. The molecule has 1 heterocycles. The van der Waals surface area contributed by atoms with E-state index in [2.05, 4.69) is 4.98 Å². The number of ketones is 1. The van der Waals surface area contributed by atoms with E-state index in [1.165, 1.54) is 6.08 Å². The molecule has 1 N–H and O–H groups in total. The molecule has 4 nitrogen and oxygen atoms in total. The number of carbonyl (C=O) groups excluding carboxylic acids is 1. The summed E-state index contributed by atoms with van der Waals surface area (Å²) in [5.41, 5.74) is 2.39. The van der Waals surface area contributed by atoms with Crippen molar-refractivity contribution in [1.82, 2.24) is 4.98 Å². The molecule has 30 heavy (non-hydrogen) atoms. The summed E-state index contributed by atoms with van der Waals surface area (Å²) >= 11 is 6.04. The SMILES string of the molecule is COc1ccccc1/C=C/C(=O)c1c(-c2ccc(Cl)cc2)c2ccccc2[nH]c1=O. The zero-order valence-corrected chi connectivity index (χ0v) is 16.9. The number of halogens is 1. The van der Waals surface area contributed by atoms with Crippen molar-refractivity contribution < 1.29 is 9.53 Å². The van der Waals surface area contributed by atoms with Crippen molar-refractivity contribution in [1.29, 1.82) is 0 Å². The number of H-pyrrole nitrogens is 1. The second kappa shape index (κ2) is 8.39. The first-order valence-electron chi connectivity index (χ1n) is 9.35. The van der Waals surface area contributed by atoms with Crippen LogP contribution >= 0.6 is 11.6 Å². The lowest BCUT2D eigenvalue weighted by molar-refractivity contribution is 0.104. The van der Waals surface area contributed by atoms with Gasteiger partial charge in [0.1, 0.15) is 5.75 Å². The largest absolute Gasteiger partial charge is 0.496 e. The van der Waals surface area contributed by atoms with Crippen LogP contribution in [0.3, 0.4) is 0 Å². The van der Waals surface area contributed by atoms with Crippen LogP contribution < -0.4 is 10.3 Å². The number of pyridine rings is 1. The number of ether oxygens (including phenoxy) is 1. The molecule has 4 rings (SSSR count). The molecule has 0 atom stereocenters. The van der Waals surface area contributed by atoms with Gasteiger partial charge in [0.2, 0.25) is 0 Å². The second-order valence-corrected chi connectivity index (χ2v) is 7.13. The van der Waals surface area contributed by atoms with Gasteiger partial charge in [-0.2, -0.15) is 0 Å². The van der Waals surface area contributed by atoms with Crippen LogP contribution in [0.5, 0.6) is 5.75 Å². The van der Waals surface area contributed by atoms with Gasteiger partial charge in [-0.3, -0.25) is 9.59 Å². The molecule has 0 aliphatic carbocycles. The fourth-order valence-corrected chi connectivity index (χ4v) is 3.57. The molecule has 0 amide bonds.